The van der Waals surface area contributed by atoms with Gasteiger partial charge in [0.1, 0.15) is 12.4 Å². The molecule has 0 aliphatic carbocycles. The molecular weight excluding hydrogens is 452 g/mol. The van der Waals surface area contributed by atoms with Crippen molar-refractivity contribution >= 4 is 34.5 Å². The summed E-state index contributed by atoms with van der Waals surface area (Å²) < 4.78 is 17.0. The summed E-state index contributed by atoms with van der Waals surface area (Å²) in [6.07, 6.45) is 1.53. The molecule has 1 amide bonds. The van der Waals surface area contributed by atoms with Crippen LogP contribution in [-0.4, -0.2) is 25.8 Å². The summed E-state index contributed by atoms with van der Waals surface area (Å²) in [6, 6.07) is 26.4. The molecule has 0 saturated carbocycles. The van der Waals surface area contributed by atoms with Crippen LogP contribution in [0.2, 0.25) is 5.02 Å². The van der Waals surface area contributed by atoms with E-state index in [1.54, 1.807) is 19.2 Å². The van der Waals surface area contributed by atoms with E-state index in [0.29, 0.717) is 28.9 Å². The molecule has 172 valence electrons. The van der Waals surface area contributed by atoms with Gasteiger partial charge in [0, 0.05) is 10.4 Å². The normalized spacial score (nSPS) is 10.9. The van der Waals surface area contributed by atoms with Crippen LogP contribution in [0.5, 0.6) is 17.2 Å². The highest BCUT2D eigenvalue weighted by Crippen LogP contribution is 2.28. The molecule has 0 heterocycles. The highest BCUT2D eigenvalue weighted by Gasteiger charge is 2.07. The molecule has 0 fully saturated rings. The number of hydrogen-bond acceptors (Lipinski definition) is 5. The molecule has 4 aromatic rings. The zero-order valence-corrected chi connectivity index (χ0v) is 19.3. The minimum atomic E-state index is -0.362. The number of benzene rings is 4. The molecule has 0 radical (unpaired) electrons. The van der Waals surface area contributed by atoms with Crippen molar-refractivity contribution in [3.05, 3.63) is 101 Å². The summed E-state index contributed by atoms with van der Waals surface area (Å²) in [4.78, 5) is 12.2. The quantitative estimate of drug-likeness (QED) is 0.253. The van der Waals surface area contributed by atoms with Crippen LogP contribution < -0.4 is 19.6 Å². The Morgan fingerprint density at radius 1 is 0.912 bits per heavy atom. The fraction of sp³-hybridized carbons (Fsp3) is 0.111. The molecule has 0 saturated heterocycles. The predicted molar refractivity (Wildman–Crippen MR) is 134 cm³/mol. The molecule has 0 aliphatic rings. The van der Waals surface area contributed by atoms with E-state index >= 15 is 0 Å². The van der Waals surface area contributed by atoms with Crippen molar-refractivity contribution in [1.82, 2.24) is 5.43 Å². The lowest BCUT2D eigenvalue weighted by Gasteiger charge is -2.11. The van der Waals surface area contributed by atoms with Gasteiger partial charge in [-0.05, 0) is 52.9 Å². The van der Waals surface area contributed by atoms with Gasteiger partial charge in [-0.1, -0.05) is 60.1 Å². The third-order valence-corrected chi connectivity index (χ3v) is 5.26. The fourth-order valence-corrected chi connectivity index (χ4v) is 3.43. The van der Waals surface area contributed by atoms with Gasteiger partial charge in [-0.2, -0.15) is 5.10 Å². The van der Waals surface area contributed by atoms with E-state index < -0.39 is 0 Å². The Bertz CT molecular complexity index is 1300. The van der Waals surface area contributed by atoms with Gasteiger partial charge >= 0.3 is 0 Å². The first-order chi connectivity index (χ1) is 16.6. The Balaban J connectivity index is 1.31. The van der Waals surface area contributed by atoms with Gasteiger partial charge < -0.3 is 14.2 Å². The molecule has 7 heteroatoms. The highest BCUT2D eigenvalue weighted by molar-refractivity contribution is 6.30. The summed E-state index contributed by atoms with van der Waals surface area (Å²) in [7, 11) is 1.57. The third kappa shape index (κ3) is 6.05. The lowest BCUT2D eigenvalue weighted by molar-refractivity contribution is -0.123. The number of fused-ring (bicyclic) bond motifs is 1. The van der Waals surface area contributed by atoms with Crippen LogP contribution in [-0.2, 0) is 11.4 Å². The molecule has 34 heavy (non-hydrogen) atoms. The summed E-state index contributed by atoms with van der Waals surface area (Å²) in [5.41, 5.74) is 4.21. The van der Waals surface area contributed by atoms with E-state index in [1.807, 2.05) is 72.8 Å². The number of hydrogen-bond donors (Lipinski definition) is 1. The number of rotatable bonds is 9. The number of amides is 1. The van der Waals surface area contributed by atoms with Crippen LogP contribution in [0.3, 0.4) is 0 Å². The summed E-state index contributed by atoms with van der Waals surface area (Å²) in [5, 5.41) is 6.69. The van der Waals surface area contributed by atoms with Gasteiger partial charge in [-0.15, -0.1) is 0 Å². The zero-order chi connectivity index (χ0) is 23.8. The molecular formula is C27H23ClN2O4. The van der Waals surface area contributed by atoms with E-state index in [0.717, 1.165) is 21.9 Å². The average Bonchev–Trinajstić information content (AvgIpc) is 2.87. The van der Waals surface area contributed by atoms with E-state index in [2.05, 4.69) is 10.5 Å². The predicted octanol–water partition coefficient (Wildman–Crippen LogP) is 5.61. The molecule has 0 aliphatic heterocycles. The second-order valence-electron chi connectivity index (χ2n) is 7.38. The maximum absolute atomic E-state index is 12.2. The number of ether oxygens (including phenoxy) is 3. The van der Waals surface area contributed by atoms with Crippen molar-refractivity contribution in [2.45, 2.75) is 6.61 Å². The minimum absolute atomic E-state index is 0.147. The lowest BCUT2D eigenvalue weighted by atomic mass is 10.1. The van der Waals surface area contributed by atoms with Gasteiger partial charge in [0.2, 0.25) is 0 Å². The highest BCUT2D eigenvalue weighted by atomic mass is 35.5. The molecule has 0 atom stereocenters. The number of carbonyl (C=O) groups is 1. The van der Waals surface area contributed by atoms with Crippen molar-refractivity contribution in [2.75, 3.05) is 13.7 Å². The summed E-state index contributed by atoms with van der Waals surface area (Å²) in [5.74, 6) is 1.45. The lowest BCUT2D eigenvalue weighted by Crippen LogP contribution is -2.24. The standard InChI is InChI=1S/C27H23ClN2O4/c1-32-26-15-20(11-14-25(26)33-17-19-9-12-22(28)13-10-19)16-29-30-27(31)18-34-24-8-4-6-21-5-2-3-7-23(21)24/h2-16H,17-18H2,1H3,(H,30,31)/b29-16+. The Hall–Kier alpha value is -4.03. The third-order valence-electron chi connectivity index (χ3n) is 5.01. The number of nitrogens with one attached hydrogen (secondary N) is 1. The maximum atomic E-state index is 12.2. The van der Waals surface area contributed by atoms with Crippen LogP contribution >= 0.6 is 11.6 Å². The van der Waals surface area contributed by atoms with Crippen molar-refractivity contribution in [1.29, 1.82) is 0 Å². The largest absolute Gasteiger partial charge is 0.493 e. The van der Waals surface area contributed by atoms with Crippen molar-refractivity contribution < 1.29 is 19.0 Å². The molecule has 0 spiro atoms. The average molecular weight is 475 g/mol. The zero-order valence-electron chi connectivity index (χ0n) is 18.5. The monoisotopic (exact) mass is 474 g/mol. The van der Waals surface area contributed by atoms with Crippen LogP contribution in [0, 0.1) is 0 Å². The maximum Gasteiger partial charge on any atom is 0.277 e. The first-order valence-corrected chi connectivity index (χ1v) is 11.0. The van der Waals surface area contributed by atoms with E-state index in [9.17, 15) is 4.79 Å². The molecule has 0 aromatic heterocycles. The van der Waals surface area contributed by atoms with Crippen molar-refractivity contribution in [2.24, 2.45) is 5.10 Å². The van der Waals surface area contributed by atoms with Gasteiger partial charge in [0.05, 0.1) is 13.3 Å². The van der Waals surface area contributed by atoms with Gasteiger partial charge in [-0.25, -0.2) is 5.43 Å². The first-order valence-electron chi connectivity index (χ1n) is 10.6. The van der Waals surface area contributed by atoms with E-state index in [1.165, 1.54) is 6.21 Å². The summed E-state index contributed by atoms with van der Waals surface area (Å²) in [6.45, 7) is 0.236. The molecule has 4 rings (SSSR count). The number of methoxy groups -OCH3 is 1. The Labute approximate surface area is 202 Å². The van der Waals surface area contributed by atoms with Gasteiger partial charge in [-0.3, -0.25) is 4.79 Å². The van der Waals surface area contributed by atoms with Crippen LogP contribution in [0.1, 0.15) is 11.1 Å². The molecule has 4 aromatic carbocycles. The Morgan fingerprint density at radius 3 is 2.53 bits per heavy atom. The molecule has 1 N–H and O–H groups in total. The first kappa shape index (κ1) is 23.1. The fourth-order valence-electron chi connectivity index (χ4n) is 3.30. The van der Waals surface area contributed by atoms with Crippen LogP contribution in [0.15, 0.2) is 90.0 Å². The second kappa shape index (κ2) is 11.2. The van der Waals surface area contributed by atoms with Crippen LogP contribution in [0.4, 0.5) is 0 Å². The number of nitrogens with zero attached hydrogens (tertiary/aromatic N) is 1. The van der Waals surface area contributed by atoms with E-state index in [-0.39, 0.29) is 12.5 Å². The second-order valence-corrected chi connectivity index (χ2v) is 7.82. The topological polar surface area (TPSA) is 69.2 Å². The number of halogens is 1. The number of carbonyl (C=O) groups excluding carboxylic acids is 1. The SMILES string of the molecule is COc1cc(/C=N/NC(=O)COc2cccc3ccccc23)ccc1OCc1ccc(Cl)cc1. The summed E-state index contributed by atoms with van der Waals surface area (Å²) >= 11 is 5.92. The van der Waals surface area contributed by atoms with E-state index in [4.69, 9.17) is 25.8 Å². The van der Waals surface area contributed by atoms with Gasteiger partial charge in [0.15, 0.2) is 18.1 Å². The Kier molecular flexibility index (Phi) is 7.63. The van der Waals surface area contributed by atoms with Crippen molar-refractivity contribution in [3.8, 4) is 17.2 Å². The van der Waals surface area contributed by atoms with Crippen molar-refractivity contribution in [3.63, 3.8) is 0 Å². The molecule has 6 nitrogen and oxygen atoms in total. The minimum Gasteiger partial charge on any atom is -0.493 e. The van der Waals surface area contributed by atoms with Gasteiger partial charge in [0.25, 0.3) is 5.91 Å². The Morgan fingerprint density at radius 2 is 1.71 bits per heavy atom. The molecule has 0 unspecified atom stereocenters. The number of hydrazone groups is 1. The molecule has 0 bridgehead atoms. The smallest absolute Gasteiger partial charge is 0.277 e. The van der Waals surface area contributed by atoms with Crippen LogP contribution in [0.25, 0.3) is 10.8 Å².